The number of anilines is 1. The van der Waals surface area contributed by atoms with Gasteiger partial charge in [-0.3, -0.25) is 19.2 Å². The van der Waals surface area contributed by atoms with Crippen LogP contribution < -0.4 is 25.0 Å². The van der Waals surface area contributed by atoms with Gasteiger partial charge in [-0.25, -0.2) is 0 Å². The number of carbonyl (C=O) groups is 4. The van der Waals surface area contributed by atoms with E-state index in [1.807, 2.05) is 0 Å². The van der Waals surface area contributed by atoms with Crippen molar-refractivity contribution < 1.29 is 33.8 Å². The number of ether oxygens (including phenoxy) is 2. The summed E-state index contributed by atoms with van der Waals surface area (Å²) in [7, 11) is 0. The van der Waals surface area contributed by atoms with E-state index in [1.54, 1.807) is 18.2 Å². The zero-order valence-corrected chi connectivity index (χ0v) is 15.3. The van der Waals surface area contributed by atoms with Crippen molar-refractivity contribution in [3.8, 4) is 11.5 Å². The molecule has 3 rings (SSSR count). The minimum absolute atomic E-state index is 0.0197. The van der Waals surface area contributed by atoms with Crippen LogP contribution in [-0.4, -0.2) is 54.7 Å². The molecule has 28 heavy (non-hydrogen) atoms. The van der Waals surface area contributed by atoms with Gasteiger partial charge in [-0.2, -0.15) is 0 Å². The molecule has 0 aromatic heterocycles. The molecular weight excluding hydrogens is 370 g/mol. The Bertz CT molecular complexity index is 810. The summed E-state index contributed by atoms with van der Waals surface area (Å²) in [5.74, 6) is -1.55. The molecule has 1 fully saturated rings. The van der Waals surface area contributed by atoms with Gasteiger partial charge in [0.05, 0.1) is 12.3 Å². The molecule has 2 unspecified atom stereocenters. The molecule has 2 heterocycles. The molecule has 10 heteroatoms. The van der Waals surface area contributed by atoms with Crippen molar-refractivity contribution in [3.05, 3.63) is 18.2 Å². The third-order valence-electron chi connectivity index (χ3n) is 4.55. The van der Waals surface area contributed by atoms with Gasteiger partial charge in [0.25, 0.3) is 0 Å². The van der Waals surface area contributed by atoms with Crippen molar-refractivity contribution >= 4 is 29.4 Å². The highest BCUT2D eigenvalue weighted by molar-refractivity contribution is 6.01. The van der Waals surface area contributed by atoms with Gasteiger partial charge in [-0.05, 0) is 19.1 Å². The molecule has 0 radical (unpaired) electrons. The molecule has 3 N–H and O–H groups in total. The fourth-order valence-electron chi connectivity index (χ4n) is 3.03. The summed E-state index contributed by atoms with van der Waals surface area (Å²) in [6, 6.07) is 4.29. The SMILES string of the molecule is CC(NC(=O)C1CC(=O)N(c2ccc3c(c2)OCO3)C1)C(=O)NCCC(=O)O. The quantitative estimate of drug-likeness (QED) is 0.589. The maximum Gasteiger partial charge on any atom is 0.305 e. The van der Waals surface area contributed by atoms with E-state index in [0.717, 1.165) is 0 Å². The van der Waals surface area contributed by atoms with E-state index in [-0.39, 0.29) is 38.6 Å². The molecule has 0 spiro atoms. The number of hydrogen-bond acceptors (Lipinski definition) is 6. The summed E-state index contributed by atoms with van der Waals surface area (Å²) in [6.07, 6.45) is -0.165. The Morgan fingerprint density at radius 2 is 2.04 bits per heavy atom. The molecule has 0 bridgehead atoms. The van der Waals surface area contributed by atoms with Crippen LogP contribution in [0.2, 0.25) is 0 Å². The number of aliphatic carboxylic acids is 1. The van der Waals surface area contributed by atoms with Crippen LogP contribution in [0.1, 0.15) is 19.8 Å². The fraction of sp³-hybridized carbons (Fsp3) is 0.444. The largest absolute Gasteiger partial charge is 0.481 e. The second-order valence-electron chi connectivity index (χ2n) is 6.61. The van der Waals surface area contributed by atoms with Crippen LogP contribution in [0.5, 0.6) is 11.5 Å². The fourth-order valence-corrected chi connectivity index (χ4v) is 3.03. The lowest BCUT2D eigenvalue weighted by Gasteiger charge is -2.18. The number of carbonyl (C=O) groups excluding carboxylic acids is 3. The lowest BCUT2D eigenvalue weighted by atomic mass is 10.1. The van der Waals surface area contributed by atoms with Crippen molar-refractivity contribution in [2.75, 3.05) is 24.8 Å². The van der Waals surface area contributed by atoms with Gasteiger partial charge in [-0.15, -0.1) is 0 Å². The maximum atomic E-state index is 12.4. The number of carboxylic acid groups (broad SMARTS) is 1. The van der Waals surface area contributed by atoms with E-state index < -0.39 is 29.7 Å². The van der Waals surface area contributed by atoms with Gasteiger partial charge in [0.15, 0.2) is 11.5 Å². The highest BCUT2D eigenvalue weighted by Crippen LogP contribution is 2.37. The minimum Gasteiger partial charge on any atom is -0.481 e. The van der Waals surface area contributed by atoms with Crippen LogP contribution in [0, 0.1) is 5.92 Å². The second kappa shape index (κ2) is 8.15. The Labute approximate surface area is 160 Å². The molecule has 10 nitrogen and oxygen atoms in total. The number of carboxylic acids is 1. The average Bonchev–Trinajstić information content (AvgIpc) is 3.26. The van der Waals surface area contributed by atoms with Gasteiger partial charge in [0.2, 0.25) is 24.5 Å². The lowest BCUT2D eigenvalue weighted by Crippen LogP contribution is -2.47. The first-order valence-corrected chi connectivity index (χ1v) is 8.85. The smallest absolute Gasteiger partial charge is 0.305 e. The monoisotopic (exact) mass is 391 g/mol. The van der Waals surface area contributed by atoms with E-state index >= 15 is 0 Å². The van der Waals surface area contributed by atoms with Crippen LogP contribution in [0.3, 0.4) is 0 Å². The molecule has 2 aliphatic rings. The Hall–Kier alpha value is -3.30. The Morgan fingerprint density at radius 3 is 2.79 bits per heavy atom. The first kappa shape index (κ1) is 19.5. The second-order valence-corrected chi connectivity index (χ2v) is 6.61. The molecule has 0 aliphatic carbocycles. The molecule has 1 aromatic rings. The summed E-state index contributed by atoms with van der Waals surface area (Å²) in [5, 5.41) is 13.6. The van der Waals surface area contributed by atoms with Gasteiger partial charge in [-0.1, -0.05) is 0 Å². The number of nitrogens with zero attached hydrogens (tertiary/aromatic N) is 1. The van der Waals surface area contributed by atoms with Gasteiger partial charge in [0, 0.05) is 31.3 Å². The normalized spacial score (nSPS) is 18.7. The summed E-state index contributed by atoms with van der Waals surface area (Å²) in [5.41, 5.74) is 0.615. The standard InChI is InChI=1S/C18H21N3O7/c1-10(17(25)19-5-4-16(23)24)20-18(26)11-6-15(22)21(8-11)12-2-3-13-14(7-12)28-9-27-13/h2-3,7,10-11H,4-6,8-9H2,1H3,(H,19,25)(H,20,26)(H,23,24). The molecule has 1 saturated heterocycles. The molecule has 0 saturated carbocycles. The average molecular weight is 391 g/mol. The number of rotatable bonds is 7. The topological polar surface area (TPSA) is 134 Å². The highest BCUT2D eigenvalue weighted by atomic mass is 16.7. The van der Waals surface area contributed by atoms with E-state index in [4.69, 9.17) is 14.6 Å². The Morgan fingerprint density at radius 1 is 1.29 bits per heavy atom. The van der Waals surface area contributed by atoms with Crippen LogP contribution in [-0.2, 0) is 19.2 Å². The summed E-state index contributed by atoms with van der Waals surface area (Å²) in [4.78, 5) is 48.7. The predicted octanol–water partition coefficient (Wildman–Crippen LogP) is -0.136. The first-order chi connectivity index (χ1) is 13.3. The number of benzene rings is 1. The van der Waals surface area contributed by atoms with Crippen molar-refractivity contribution in [3.63, 3.8) is 0 Å². The minimum atomic E-state index is -1.02. The van der Waals surface area contributed by atoms with Gasteiger partial charge >= 0.3 is 5.97 Å². The van der Waals surface area contributed by atoms with Crippen LogP contribution >= 0.6 is 0 Å². The first-order valence-electron chi connectivity index (χ1n) is 8.85. The molecule has 2 aliphatic heterocycles. The summed E-state index contributed by atoms with van der Waals surface area (Å²) < 4.78 is 10.6. The highest BCUT2D eigenvalue weighted by Gasteiger charge is 2.36. The van der Waals surface area contributed by atoms with Crippen LogP contribution in [0.4, 0.5) is 5.69 Å². The molecular formula is C18H21N3O7. The third-order valence-corrected chi connectivity index (χ3v) is 4.55. The number of nitrogens with one attached hydrogen (secondary N) is 2. The zero-order chi connectivity index (χ0) is 20.3. The van der Waals surface area contributed by atoms with E-state index in [1.165, 1.54) is 11.8 Å². The van der Waals surface area contributed by atoms with E-state index in [9.17, 15) is 19.2 Å². The molecule has 150 valence electrons. The van der Waals surface area contributed by atoms with Crippen molar-refractivity contribution in [2.45, 2.75) is 25.8 Å². The van der Waals surface area contributed by atoms with Crippen LogP contribution in [0.15, 0.2) is 18.2 Å². The van der Waals surface area contributed by atoms with E-state index in [0.29, 0.717) is 17.2 Å². The van der Waals surface area contributed by atoms with Crippen LogP contribution in [0.25, 0.3) is 0 Å². The van der Waals surface area contributed by atoms with Crippen molar-refractivity contribution in [2.24, 2.45) is 5.92 Å². The van der Waals surface area contributed by atoms with Gasteiger partial charge < -0.3 is 30.1 Å². The van der Waals surface area contributed by atoms with Crippen molar-refractivity contribution in [1.29, 1.82) is 0 Å². The third kappa shape index (κ3) is 4.33. The lowest BCUT2D eigenvalue weighted by molar-refractivity contribution is -0.137. The Balaban J connectivity index is 1.55. The molecule has 3 amide bonds. The zero-order valence-electron chi connectivity index (χ0n) is 15.3. The number of amides is 3. The predicted molar refractivity (Wildman–Crippen MR) is 95.9 cm³/mol. The summed E-state index contributed by atoms with van der Waals surface area (Å²) >= 11 is 0. The maximum absolute atomic E-state index is 12.4. The van der Waals surface area contributed by atoms with Crippen molar-refractivity contribution in [1.82, 2.24) is 10.6 Å². The number of hydrogen-bond donors (Lipinski definition) is 3. The van der Waals surface area contributed by atoms with E-state index in [2.05, 4.69) is 10.6 Å². The molecule has 1 aromatic carbocycles. The molecule has 2 atom stereocenters. The van der Waals surface area contributed by atoms with Gasteiger partial charge in [0.1, 0.15) is 6.04 Å². The summed E-state index contributed by atoms with van der Waals surface area (Å²) in [6.45, 7) is 1.80. The Kier molecular flexibility index (Phi) is 5.67. The number of fused-ring (bicyclic) bond motifs is 1.